The first-order chi connectivity index (χ1) is 19.6. The number of rotatable bonds is 7. The number of aromatic nitrogens is 1. The van der Waals surface area contributed by atoms with E-state index in [0.29, 0.717) is 17.9 Å². The Bertz CT molecular complexity index is 1590. The lowest BCUT2D eigenvalue weighted by molar-refractivity contribution is -0.140. The first-order valence-electron chi connectivity index (χ1n) is 13.7. The van der Waals surface area contributed by atoms with E-state index in [1.54, 1.807) is 36.7 Å². The average Bonchev–Trinajstić information content (AvgIpc) is 3.21. The van der Waals surface area contributed by atoms with Crippen molar-refractivity contribution in [1.82, 2.24) is 9.88 Å². The summed E-state index contributed by atoms with van der Waals surface area (Å²) in [5, 5.41) is 11.6. The van der Waals surface area contributed by atoms with Crippen molar-refractivity contribution < 1.29 is 19.4 Å². The molecular weight excluding hydrogens is 512 g/mol. The lowest BCUT2D eigenvalue weighted by atomic mass is 9.85. The third-order valence-corrected chi connectivity index (χ3v) is 7.39. The van der Waals surface area contributed by atoms with Crippen LogP contribution in [0.1, 0.15) is 60.2 Å². The molecule has 1 amide bonds. The molecule has 41 heavy (non-hydrogen) atoms. The van der Waals surface area contributed by atoms with E-state index < -0.39 is 17.7 Å². The summed E-state index contributed by atoms with van der Waals surface area (Å²) < 4.78 is 6.00. The van der Waals surface area contributed by atoms with Gasteiger partial charge in [-0.05, 0) is 64.4 Å². The van der Waals surface area contributed by atoms with Gasteiger partial charge >= 0.3 is 0 Å². The zero-order chi connectivity index (χ0) is 29.1. The third kappa shape index (κ3) is 5.92. The van der Waals surface area contributed by atoms with E-state index in [9.17, 15) is 14.7 Å². The van der Waals surface area contributed by atoms with Gasteiger partial charge in [0.25, 0.3) is 11.7 Å². The van der Waals surface area contributed by atoms with E-state index >= 15 is 0 Å². The number of ketones is 1. The molecule has 2 heterocycles. The molecule has 1 atom stereocenters. The van der Waals surface area contributed by atoms with Crippen molar-refractivity contribution in [3.05, 3.63) is 136 Å². The summed E-state index contributed by atoms with van der Waals surface area (Å²) in [7, 11) is 0. The summed E-state index contributed by atoms with van der Waals surface area (Å²) in [4.78, 5) is 32.6. The van der Waals surface area contributed by atoms with Crippen molar-refractivity contribution in [2.45, 2.75) is 52.3 Å². The molecule has 208 valence electrons. The minimum absolute atomic E-state index is 0.0576. The van der Waals surface area contributed by atoms with Gasteiger partial charge in [-0.25, -0.2) is 0 Å². The van der Waals surface area contributed by atoms with Crippen molar-refractivity contribution in [1.29, 1.82) is 0 Å². The molecule has 1 saturated heterocycles. The zero-order valence-electron chi connectivity index (χ0n) is 23.8. The molecule has 0 spiro atoms. The SMILES string of the molecule is Cc1cc(/C(O)=C2\C(=O)C(=O)N(Cc3cccnc3)[C@@H]2c2ccc(C(C)(C)C)cc2)ccc1OCc1ccccc1. The van der Waals surface area contributed by atoms with Crippen LogP contribution in [-0.2, 0) is 28.2 Å². The van der Waals surface area contributed by atoms with Gasteiger partial charge < -0.3 is 14.7 Å². The Hall–Kier alpha value is -4.71. The lowest BCUT2D eigenvalue weighted by Gasteiger charge is -2.26. The van der Waals surface area contributed by atoms with Gasteiger partial charge in [-0.2, -0.15) is 0 Å². The first kappa shape index (κ1) is 27.8. The molecule has 0 aliphatic carbocycles. The van der Waals surface area contributed by atoms with E-state index in [1.165, 1.54) is 4.90 Å². The summed E-state index contributed by atoms with van der Waals surface area (Å²) in [5.41, 5.74) is 4.99. The molecule has 0 radical (unpaired) electrons. The van der Waals surface area contributed by atoms with E-state index in [-0.39, 0.29) is 23.3 Å². The number of nitrogens with zero attached hydrogens (tertiary/aromatic N) is 2. The molecule has 4 aromatic rings. The first-order valence-corrected chi connectivity index (χ1v) is 13.7. The van der Waals surface area contributed by atoms with Crippen LogP contribution in [0.4, 0.5) is 0 Å². The maximum Gasteiger partial charge on any atom is 0.295 e. The number of pyridine rings is 1. The monoisotopic (exact) mass is 546 g/mol. The van der Waals surface area contributed by atoms with E-state index in [2.05, 4.69) is 25.8 Å². The van der Waals surface area contributed by atoms with Crippen LogP contribution >= 0.6 is 0 Å². The summed E-state index contributed by atoms with van der Waals surface area (Å²) in [6.07, 6.45) is 3.34. The number of aryl methyl sites for hydroxylation is 1. The Morgan fingerprint density at radius 2 is 1.63 bits per heavy atom. The van der Waals surface area contributed by atoms with Crippen LogP contribution in [0, 0.1) is 6.92 Å². The fourth-order valence-electron chi connectivity index (χ4n) is 5.09. The van der Waals surface area contributed by atoms with Crippen LogP contribution in [-0.4, -0.2) is 26.7 Å². The number of hydrogen-bond donors (Lipinski definition) is 1. The molecule has 1 fully saturated rings. The van der Waals surface area contributed by atoms with E-state index in [0.717, 1.165) is 27.8 Å². The highest BCUT2D eigenvalue weighted by atomic mass is 16.5. The van der Waals surface area contributed by atoms with Gasteiger partial charge in [0.2, 0.25) is 0 Å². The van der Waals surface area contributed by atoms with E-state index in [4.69, 9.17) is 4.74 Å². The Morgan fingerprint density at radius 1 is 0.927 bits per heavy atom. The standard InChI is InChI=1S/C35H34N2O4/c1-23-19-27(14-17-29(23)41-22-24-9-6-5-7-10-24)32(38)30-31(26-12-15-28(16-13-26)35(2,3)4)37(34(40)33(30)39)21-25-11-8-18-36-20-25/h5-20,31,38H,21-22H2,1-4H3/b32-30+/t31-/m1/s1. The Morgan fingerprint density at radius 3 is 2.27 bits per heavy atom. The molecule has 1 aliphatic rings. The maximum atomic E-state index is 13.5. The number of likely N-dealkylation sites (tertiary alicyclic amines) is 1. The summed E-state index contributed by atoms with van der Waals surface area (Å²) >= 11 is 0. The second kappa shape index (κ2) is 11.4. The predicted octanol–water partition coefficient (Wildman–Crippen LogP) is 6.89. The van der Waals surface area contributed by atoms with Crippen molar-refractivity contribution in [3.63, 3.8) is 0 Å². The van der Waals surface area contributed by atoms with Crippen LogP contribution in [0.5, 0.6) is 5.75 Å². The number of benzene rings is 3. The summed E-state index contributed by atoms with van der Waals surface area (Å²) in [6, 6.07) is 26.0. The van der Waals surface area contributed by atoms with Crippen LogP contribution < -0.4 is 4.74 Å². The van der Waals surface area contributed by atoms with Gasteiger partial charge in [0.1, 0.15) is 18.1 Å². The van der Waals surface area contributed by atoms with Crippen molar-refractivity contribution in [2.24, 2.45) is 0 Å². The van der Waals surface area contributed by atoms with Crippen LogP contribution in [0.3, 0.4) is 0 Å². The molecular formula is C35H34N2O4. The number of amides is 1. The third-order valence-electron chi connectivity index (χ3n) is 7.39. The number of ether oxygens (including phenoxy) is 1. The van der Waals surface area contributed by atoms with Gasteiger partial charge in [-0.1, -0.05) is 81.4 Å². The van der Waals surface area contributed by atoms with Crippen molar-refractivity contribution >= 4 is 17.4 Å². The molecule has 0 bridgehead atoms. The van der Waals surface area contributed by atoms with Crippen LogP contribution in [0.25, 0.3) is 5.76 Å². The van der Waals surface area contributed by atoms with Gasteiger partial charge in [-0.3, -0.25) is 14.6 Å². The maximum absolute atomic E-state index is 13.5. The average molecular weight is 547 g/mol. The molecule has 1 N–H and O–H groups in total. The normalized spacial score (nSPS) is 16.7. The number of carbonyl (C=O) groups is 2. The van der Waals surface area contributed by atoms with Crippen molar-refractivity contribution in [3.8, 4) is 5.75 Å². The molecule has 1 aromatic heterocycles. The highest BCUT2D eigenvalue weighted by Crippen LogP contribution is 2.41. The topological polar surface area (TPSA) is 79.7 Å². The largest absolute Gasteiger partial charge is 0.507 e. The highest BCUT2D eigenvalue weighted by Gasteiger charge is 2.46. The quantitative estimate of drug-likeness (QED) is 0.155. The Labute approximate surface area is 240 Å². The molecule has 0 unspecified atom stereocenters. The van der Waals surface area contributed by atoms with Gasteiger partial charge in [0.15, 0.2) is 0 Å². The fraction of sp³-hybridized carbons (Fsp3) is 0.229. The van der Waals surface area contributed by atoms with Crippen LogP contribution in [0.2, 0.25) is 0 Å². The minimum Gasteiger partial charge on any atom is -0.507 e. The second-order valence-corrected chi connectivity index (χ2v) is 11.4. The molecule has 0 saturated carbocycles. The number of aliphatic hydroxyl groups is 1. The fourth-order valence-corrected chi connectivity index (χ4v) is 5.09. The summed E-state index contributed by atoms with van der Waals surface area (Å²) in [6.45, 7) is 8.88. The highest BCUT2D eigenvalue weighted by molar-refractivity contribution is 6.46. The molecule has 6 heteroatoms. The smallest absolute Gasteiger partial charge is 0.295 e. The van der Waals surface area contributed by atoms with Crippen molar-refractivity contribution in [2.75, 3.05) is 0 Å². The number of aliphatic hydroxyl groups excluding tert-OH is 1. The summed E-state index contributed by atoms with van der Waals surface area (Å²) in [5.74, 6) is -0.894. The zero-order valence-corrected chi connectivity index (χ0v) is 23.8. The van der Waals surface area contributed by atoms with Crippen LogP contribution in [0.15, 0.2) is 103 Å². The molecule has 1 aliphatic heterocycles. The lowest BCUT2D eigenvalue weighted by Crippen LogP contribution is -2.29. The number of hydrogen-bond acceptors (Lipinski definition) is 5. The molecule has 5 rings (SSSR count). The number of Topliss-reactive ketones (excluding diaryl/α,β-unsaturated/α-hetero) is 1. The Kier molecular flexibility index (Phi) is 7.75. The molecule has 3 aromatic carbocycles. The molecule has 6 nitrogen and oxygen atoms in total. The van der Waals surface area contributed by atoms with E-state index in [1.807, 2.05) is 67.6 Å². The second-order valence-electron chi connectivity index (χ2n) is 11.4. The van der Waals surface area contributed by atoms with Gasteiger partial charge in [0, 0.05) is 24.5 Å². The Balaban J connectivity index is 1.53. The van der Waals surface area contributed by atoms with Gasteiger partial charge in [-0.15, -0.1) is 0 Å². The minimum atomic E-state index is -0.751. The predicted molar refractivity (Wildman–Crippen MR) is 159 cm³/mol. The number of carbonyl (C=O) groups excluding carboxylic acids is 2. The van der Waals surface area contributed by atoms with Gasteiger partial charge in [0.05, 0.1) is 11.6 Å².